The van der Waals surface area contributed by atoms with E-state index in [1.807, 2.05) is 58.9 Å². The first kappa shape index (κ1) is 61.2. The largest absolute Gasteiger partial charge is 0.490 e. The quantitative estimate of drug-likeness (QED) is 0.0321. The van der Waals surface area contributed by atoms with Crippen LogP contribution in [-0.4, -0.2) is 87.9 Å². The molecule has 0 aromatic heterocycles. The van der Waals surface area contributed by atoms with Crippen LogP contribution < -0.4 is 66.4 Å². The lowest BCUT2D eigenvalue weighted by atomic mass is 10.0. The zero-order valence-corrected chi connectivity index (χ0v) is 47.6. The van der Waals surface area contributed by atoms with Crippen molar-refractivity contribution in [1.29, 1.82) is 0 Å². The lowest BCUT2D eigenvalue weighted by molar-refractivity contribution is 0.101. The van der Waals surface area contributed by atoms with Crippen molar-refractivity contribution >= 4 is 52.3 Å². The molecule has 436 valence electrons. The standard InChI is InChI=1S/C33H43N5O4.C30H34F2N4O4/c1-5-24(6-2)36-33(40)37-26-12-17-30(31(22-26)41-7-3)42-29-15-10-25(11-16-29)35-32(39)23-8-13-27(14-9-23)38(4)28-18-20-34-21-19-28;1-3-20(4-2)35-30(38)36-27-17-26(32)28(18-25(27)31)40-23-11-7-21(8-12-23)34-29(37)19-5-9-22(10-6-19)39-24-13-15-33-16-14-24/h8-17,22,24,28,34H,5-7,18-21H2,1-4H3,(H,35,39)(H2,36,37,40);5-12,17-18,20,24,33H,3-4,13-16H2,1-2H3,(H,34,37)(H2,35,36,38). The molecule has 2 aliphatic rings. The number of piperidine rings is 2. The van der Waals surface area contributed by atoms with Crippen LogP contribution in [0.1, 0.15) is 107 Å². The molecule has 6 aromatic rings. The van der Waals surface area contributed by atoms with Gasteiger partial charge in [-0.15, -0.1) is 0 Å². The van der Waals surface area contributed by atoms with Crippen molar-refractivity contribution in [2.45, 2.75) is 110 Å². The number of anilines is 5. The molecular formula is C63H77F2N9O8. The van der Waals surface area contributed by atoms with E-state index >= 15 is 0 Å². The van der Waals surface area contributed by atoms with E-state index in [4.69, 9.17) is 18.9 Å². The van der Waals surface area contributed by atoms with Crippen LogP contribution in [0.25, 0.3) is 0 Å². The minimum atomic E-state index is -0.843. The molecule has 8 N–H and O–H groups in total. The van der Waals surface area contributed by atoms with Crippen LogP contribution >= 0.6 is 0 Å². The lowest BCUT2D eigenvalue weighted by Gasteiger charge is -2.33. The molecule has 0 atom stereocenters. The van der Waals surface area contributed by atoms with Gasteiger partial charge in [-0.2, -0.15) is 0 Å². The second-order valence-electron chi connectivity index (χ2n) is 20.0. The molecule has 0 spiro atoms. The predicted octanol–water partition coefficient (Wildman–Crippen LogP) is 13.1. The van der Waals surface area contributed by atoms with E-state index in [2.05, 4.69) is 54.5 Å². The summed E-state index contributed by atoms with van der Waals surface area (Å²) in [7, 11) is 2.12. The lowest BCUT2D eigenvalue weighted by Crippen LogP contribution is -2.41. The number of nitrogens with zero attached hydrogens (tertiary/aromatic N) is 1. The Kier molecular flexibility index (Phi) is 23.1. The fourth-order valence-corrected chi connectivity index (χ4v) is 9.24. The number of amides is 6. The number of carbonyl (C=O) groups is 4. The highest BCUT2D eigenvalue weighted by Gasteiger charge is 2.21. The van der Waals surface area contributed by atoms with Gasteiger partial charge in [0, 0.05) is 77.2 Å². The van der Waals surface area contributed by atoms with Crippen molar-refractivity contribution in [3.05, 3.63) is 150 Å². The zero-order chi connectivity index (χ0) is 58.4. The van der Waals surface area contributed by atoms with Gasteiger partial charge in [0.25, 0.3) is 11.8 Å². The number of hydrogen-bond acceptors (Lipinski definition) is 11. The Morgan fingerprint density at radius 1 is 0.524 bits per heavy atom. The highest BCUT2D eigenvalue weighted by Crippen LogP contribution is 2.35. The molecule has 19 heteroatoms. The van der Waals surface area contributed by atoms with Gasteiger partial charge in [0.15, 0.2) is 28.9 Å². The number of urea groups is 2. The maximum atomic E-state index is 14.6. The Balaban J connectivity index is 0.000000236. The van der Waals surface area contributed by atoms with Crippen molar-refractivity contribution in [2.24, 2.45) is 0 Å². The summed E-state index contributed by atoms with van der Waals surface area (Å²) in [5, 5.41) is 23.3. The summed E-state index contributed by atoms with van der Waals surface area (Å²) < 4.78 is 52.5. The Morgan fingerprint density at radius 3 is 1.52 bits per heavy atom. The number of benzene rings is 6. The fourth-order valence-electron chi connectivity index (χ4n) is 9.24. The molecule has 6 amide bonds. The van der Waals surface area contributed by atoms with Crippen LogP contribution in [0.2, 0.25) is 0 Å². The van der Waals surface area contributed by atoms with E-state index in [1.165, 1.54) is 12.1 Å². The Bertz CT molecular complexity index is 3000. The van der Waals surface area contributed by atoms with Gasteiger partial charge in [0.2, 0.25) is 0 Å². The van der Waals surface area contributed by atoms with Crippen LogP contribution in [0, 0.1) is 11.6 Å². The molecule has 6 aromatic carbocycles. The molecule has 0 radical (unpaired) electrons. The first-order valence-corrected chi connectivity index (χ1v) is 28.3. The maximum absolute atomic E-state index is 14.6. The normalized spacial score (nSPS) is 13.4. The van der Waals surface area contributed by atoms with Crippen LogP contribution in [0.3, 0.4) is 0 Å². The summed E-state index contributed by atoms with van der Waals surface area (Å²) in [5.41, 5.74) is 3.66. The summed E-state index contributed by atoms with van der Waals surface area (Å²) in [6.07, 6.45) is 7.48. The molecule has 17 nitrogen and oxygen atoms in total. The first-order valence-electron chi connectivity index (χ1n) is 28.3. The van der Waals surface area contributed by atoms with Crippen LogP contribution in [-0.2, 0) is 0 Å². The third kappa shape index (κ3) is 18.3. The molecule has 0 bridgehead atoms. The molecule has 82 heavy (non-hydrogen) atoms. The van der Waals surface area contributed by atoms with Gasteiger partial charge in [-0.25, -0.2) is 18.4 Å². The molecule has 0 saturated carbocycles. The monoisotopic (exact) mass is 1130 g/mol. The number of ether oxygens (including phenoxy) is 4. The van der Waals surface area contributed by atoms with Gasteiger partial charge < -0.3 is 66.4 Å². The van der Waals surface area contributed by atoms with Gasteiger partial charge in [0.1, 0.15) is 23.4 Å². The van der Waals surface area contributed by atoms with E-state index in [0.29, 0.717) is 58.1 Å². The summed E-state index contributed by atoms with van der Waals surface area (Å²) in [5.74, 6) is 0.0971. The Labute approximate surface area is 479 Å². The second kappa shape index (κ2) is 31.0. The molecule has 8 rings (SSSR count). The molecule has 0 aliphatic carbocycles. The summed E-state index contributed by atoms with van der Waals surface area (Å²) in [6.45, 7) is 14.2. The summed E-state index contributed by atoms with van der Waals surface area (Å²) >= 11 is 0. The molecule has 2 saturated heterocycles. The average Bonchev–Trinajstić information content (AvgIpc) is 3.64. The van der Waals surface area contributed by atoms with E-state index < -0.39 is 17.7 Å². The van der Waals surface area contributed by atoms with Crippen LogP contribution in [0.5, 0.6) is 34.5 Å². The third-order valence-corrected chi connectivity index (χ3v) is 14.2. The van der Waals surface area contributed by atoms with E-state index in [9.17, 15) is 28.0 Å². The van der Waals surface area contributed by atoms with Gasteiger partial charge in [-0.05, 0) is 194 Å². The minimum absolute atomic E-state index is 0.0625. The van der Waals surface area contributed by atoms with Gasteiger partial charge in [-0.3, -0.25) is 9.59 Å². The van der Waals surface area contributed by atoms with Gasteiger partial charge >= 0.3 is 12.1 Å². The Hall–Kier alpha value is -8.42. The number of halogens is 2. The van der Waals surface area contributed by atoms with E-state index in [0.717, 1.165) is 101 Å². The van der Waals surface area contributed by atoms with Crippen molar-refractivity contribution in [2.75, 3.05) is 66.0 Å². The molecule has 0 unspecified atom stereocenters. The number of carbonyl (C=O) groups excluding carboxylic acids is 4. The SMILES string of the molecule is CCC(CC)NC(=O)Nc1cc(F)c(Oc2ccc(NC(=O)c3ccc(OC4CCNCC4)cc3)cc2)cc1F.CCOc1cc(NC(=O)NC(CC)CC)ccc1Oc1ccc(NC(=O)c2ccc(N(C)C3CCNCC3)cc2)cc1. The Morgan fingerprint density at radius 2 is 1.00 bits per heavy atom. The van der Waals surface area contributed by atoms with Crippen molar-refractivity contribution in [3.8, 4) is 34.5 Å². The number of rotatable bonds is 22. The zero-order valence-electron chi connectivity index (χ0n) is 47.6. The molecule has 2 fully saturated rings. The van der Waals surface area contributed by atoms with Gasteiger partial charge in [-0.1, -0.05) is 27.7 Å². The van der Waals surface area contributed by atoms with Crippen molar-refractivity contribution in [1.82, 2.24) is 21.3 Å². The topological polar surface area (TPSA) is 205 Å². The van der Waals surface area contributed by atoms with Crippen LogP contribution in [0.15, 0.2) is 127 Å². The smallest absolute Gasteiger partial charge is 0.319 e. The first-order chi connectivity index (χ1) is 39.7. The highest BCUT2D eigenvalue weighted by atomic mass is 19.1. The molecular weight excluding hydrogens is 1050 g/mol. The van der Waals surface area contributed by atoms with E-state index in [-0.39, 0.29) is 53.2 Å². The van der Waals surface area contributed by atoms with E-state index in [1.54, 1.807) is 78.9 Å². The third-order valence-electron chi connectivity index (χ3n) is 14.2. The summed E-state index contributed by atoms with van der Waals surface area (Å²) in [6, 6.07) is 34.8. The second-order valence-corrected chi connectivity index (χ2v) is 20.0. The fraction of sp³-hybridized carbons (Fsp3) is 0.365. The van der Waals surface area contributed by atoms with Gasteiger partial charge in [0.05, 0.1) is 12.3 Å². The number of hydrogen-bond donors (Lipinski definition) is 8. The van der Waals surface area contributed by atoms with Crippen LogP contribution in [0.4, 0.5) is 46.8 Å². The minimum Gasteiger partial charge on any atom is -0.490 e. The maximum Gasteiger partial charge on any atom is 0.319 e. The van der Waals surface area contributed by atoms with Crippen molar-refractivity contribution in [3.63, 3.8) is 0 Å². The summed E-state index contributed by atoms with van der Waals surface area (Å²) in [4.78, 5) is 52.3. The number of nitrogens with one attached hydrogen (secondary N) is 8. The average molecular weight is 1130 g/mol. The predicted molar refractivity (Wildman–Crippen MR) is 320 cm³/mol. The molecule has 2 aliphatic heterocycles. The van der Waals surface area contributed by atoms with Crippen molar-refractivity contribution < 1.29 is 46.9 Å². The highest BCUT2D eigenvalue weighted by molar-refractivity contribution is 6.05. The molecule has 2 heterocycles.